The van der Waals surface area contributed by atoms with Crippen molar-refractivity contribution in [2.24, 2.45) is 5.92 Å². The monoisotopic (exact) mass is 448 g/mol. The number of aromatic nitrogens is 2. The summed E-state index contributed by atoms with van der Waals surface area (Å²) in [6.45, 7) is 4.23. The Morgan fingerprint density at radius 1 is 1.07 bits per heavy atom. The smallest absolute Gasteiger partial charge is 0.261 e. The molecule has 10 heteroatoms. The molecule has 29 heavy (non-hydrogen) atoms. The van der Waals surface area contributed by atoms with E-state index in [0.29, 0.717) is 11.0 Å². The zero-order chi connectivity index (χ0) is 20.9. The van der Waals surface area contributed by atoms with Gasteiger partial charge in [0.25, 0.3) is 15.9 Å². The van der Waals surface area contributed by atoms with Crippen molar-refractivity contribution < 1.29 is 13.2 Å². The van der Waals surface area contributed by atoms with Crippen molar-refractivity contribution in [1.29, 1.82) is 0 Å². The summed E-state index contributed by atoms with van der Waals surface area (Å²) in [5.41, 5.74) is 0.381. The first-order valence-corrected chi connectivity index (χ1v) is 12.1. The molecule has 0 atom stereocenters. The Balaban J connectivity index is 1.76. The van der Waals surface area contributed by atoms with Gasteiger partial charge in [0.1, 0.15) is 0 Å². The van der Waals surface area contributed by atoms with Crippen LogP contribution in [0.2, 0.25) is 0 Å². The maximum Gasteiger partial charge on any atom is 0.261 e. The average molecular weight is 449 g/mol. The van der Waals surface area contributed by atoms with Gasteiger partial charge in [-0.3, -0.25) is 14.8 Å². The number of anilines is 2. The molecular formula is C19H20N4O3S3. The van der Waals surface area contributed by atoms with E-state index in [1.165, 1.54) is 23.5 Å². The van der Waals surface area contributed by atoms with Gasteiger partial charge in [-0.05, 0) is 30.2 Å². The third-order valence-corrected chi connectivity index (χ3v) is 7.42. The van der Waals surface area contributed by atoms with Crippen molar-refractivity contribution >= 4 is 49.8 Å². The van der Waals surface area contributed by atoms with E-state index < -0.39 is 15.9 Å². The van der Waals surface area contributed by atoms with E-state index in [-0.39, 0.29) is 16.1 Å². The lowest BCUT2D eigenvalue weighted by molar-refractivity contribution is 0.102. The third kappa shape index (κ3) is 5.78. The fraction of sp³-hybridized carbons (Fsp3) is 0.211. The molecule has 0 radical (unpaired) electrons. The number of hydrogen-bond donors (Lipinski definition) is 2. The van der Waals surface area contributed by atoms with Gasteiger partial charge in [-0.1, -0.05) is 67.3 Å². The Kier molecular flexibility index (Phi) is 6.88. The molecule has 152 valence electrons. The van der Waals surface area contributed by atoms with Crippen LogP contribution in [0.1, 0.15) is 24.2 Å². The van der Waals surface area contributed by atoms with Crippen LogP contribution in [0.25, 0.3) is 0 Å². The minimum atomic E-state index is -3.81. The number of benzene rings is 2. The number of nitrogens with zero attached hydrogens (tertiary/aromatic N) is 2. The van der Waals surface area contributed by atoms with Crippen LogP contribution >= 0.6 is 23.1 Å². The quantitative estimate of drug-likeness (QED) is 0.393. The van der Waals surface area contributed by atoms with Gasteiger partial charge in [0, 0.05) is 5.75 Å². The normalized spacial score (nSPS) is 11.4. The van der Waals surface area contributed by atoms with Crippen LogP contribution < -0.4 is 10.0 Å². The molecule has 1 amide bonds. The Hall–Kier alpha value is -2.43. The minimum absolute atomic E-state index is 0.117. The van der Waals surface area contributed by atoms with Gasteiger partial charge < -0.3 is 0 Å². The van der Waals surface area contributed by atoms with E-state index >= 15 is 0 Å². The molecular weight excluding hydrogens is 428 g/mol. The van der Waals surface area contributed by atoms with Gasteiger partial charge in [-0.2, -0.15) is 0 Å². The van der Waals surface area contributed by atoms with Crippen molar-refractivity contribution in [1.82, 2.24) is 10.2 Å². The number of nitrogens with one attached hydrogen (secondary N) is 2. The fourth-order valence-electron chi connectivity index (χ4n) is 2.29. The first-order chi connectivity index (χ1) is 13.8. The summed E-state index contributed by atoms with van der Waals surface area (Å²) in [5.74, 6) is 0.964. The first-order valence-electron chi connectivity index (χ1n) is 8.79. The largest absolute Gasteiger partial charge is 0.296 e. The zero-order valence-electron chi connectivity index (χ0n) is 15.8. The van der Waals surface area contributed by atoms with Crippen LogP contribution in [-0.4, -0.2) is 30.3 Å². The predicted octanol–water partition coefficient (Wildman–Crippen LogP) is 4.34. The summed E-state index contributed by atoms with van der Waals surface area (Å²) in [7, 11) is -3.81. The number of rotatable bonds is 8. The zero-order valence-corrected chi connectivity index (χ0v) is 18.3. The molecule has 2 N–H and O–H groups in total. The highest BCUT2D eigenvalue weighted by atomic mass is 32.2. The van der Waals surface area contributed by atoms with E-state index in [4.69, 9.17) is 0 Å². The number of carbonyl (C=O) groups is 1. The summed E-state index contributed by atoms with van der Waals surface area (Å²) < 4.78 is 28.5. The topological polar surface area (TPSA) is 101 Å². The Bertz CT molecular complexity index is 1080. The summed E-state index contributed by atoms with van der Waals surface area (Å²) in [6.07, 6.45) is 0. The number of thioether (sulfide) groups is 1. The van der Waals surface area contributed by atoms with Crippen molar-refractivity contribution in [2.75, 3.05) is 15.8 Å². The molecule has 0 aliphatic carbocycles. The van der Waals surface area contributed by atoms with Gasteiger partial charge in [-0.15, -0.1) is 10.2 Å². The highest BCUT2D eigenvalue weighted by Crippen LogP contribution is 2.28. The Morgan fingerprint density at radius 2 is 1.76 bits per heavy atom. The van der Waals surface area contributed by atoms with E-state index in [0.717, 1.165) is 10.1 Å². The van der Waals surface area contributed by atoms with Gasteiger partial charge in [0.15, 0.2) is 4.34 Å². The second-order valence-electron chi connectivity index (χ2n) is 6.50. The summed E-state index contributed by atoms with van der Waals surface area (Å²) in [4.78, 5) is 12.8. The maximum absolute atomic E-state index is 12.7. The highest BCUT2D eigenvalue weighted by molar-refractivity contribution is 8.01. The second-order valence-corrected chi connectivity index (χ2v) is 10.4. The molecule has 0 fully saturated rings. The van der Waals surface area contributed by atoms with Crippen molar-refractivity contribution in [3.8, 4) is 0 Å². The van der Waals surface area contributed by atoms with Crippen LogP contribution in [0.15, 0.2) is 63.8 Å². The molecule has 3 rings (SSSR count). The van der Waals surface area contributed by atoms with E-state index in [1.807, 2.05) is 0 Å². The molecule has 3 aromatic rings. The van der Waals surface area contributed by atoms with Crippen molar-refractivity contribution in [2.45, 2.75) is 23.1 Å². The Labute approximate surface area is 178 Å². The minimum Gasteiger partial charge on any atom is -0.296 e. The molecule has 0 saturated carbocycles. The standard InChI is InChI=1S/C19H20N4O3S3/c1-13(2)12-27-19-22-21-18(28-19)20-17(24)15-10-6-7-11-16(15)23-29(25,26)14-8-4-3-5-9-14/h3-11,13,23H,12H2,1-2H3,(H,20,21,24). The molecule has 0 bridgehead atoms. The summed E-state index contributed by atoms with van der Waals surface area (Å²) >= 11 is 2.87. The third-order valence-electron chi connectivity index (χ3n) is 3.64. The SMILES string of the molecule is CC(C)CSc1nnc(NC(=O)c2ccccc2NS(=O)(=O)c2ccccc2)s1. The summed E-state index contributed by atoms with van der Waals surface area (Å²) in [6, 6.07) is 14.4. The molecule has 0 aliphatic rings. The second kappa shape index (κ2) is 9.38. The van der Waals surface area contributed by atoms with E-state index in [2.05, 4.69) is 34.1 Å². The molecule has 0 aliphatic heterocycles. The number of sulfonamides is 1. The lowest BCUT2D eigenvalue weighted by Crippen LogP contribution is -2.18. The van der Waals surface area contributed by atoms with Gasteiger partial charge in [-0.25, -0.2) is 8.42 Å². The molecule has 1 heterocycles. The lowest BCUT2D eigenvalue weighted by atomic mass is 10.2. The summed E-state index contributed by atoms with van der Waals surface area (Å²) in [5, 5.41) is 11.1. The van der Waals surface area contributed by atoms with Gasteiger partial charge in [0.05, 0.1) is 16.1 Å². The number of amides is 1. The first kappa shape index (κ1) is 21.3. The highest BCUT2D eigenvalue weighted by Gasteiger charge is 2.19. The van der Waals surface area contributed by atoms with E-state index in [9.17, 15) is 13.2 Å². The fourth-order valence-corrected chi connectivity index (χ4v) is 5.12. The van der Waals surface area contributed by atoms with Crippen LogP contribution in [0, 0.1) is 5.92 Å². The number of carbonyl (C=O) groups excluding carboxylic acids is 1. The molecule has 7 nitrogen and oxygen atoms in total. The Morgan fingerprint density at radius 3 is 2.48 bits per heavy atom. The van der Waals surface area contributed by atoms with Gasteiger partial charge in [0.2, 0.25) is 5.13 Å². The number of para-hydroxylation sites is 1. The predicted molar refractivity (Wildman–Crippen MR) is 117 cm³/mol. The van der Waals surface area contributed by atoms with Crippen molar-refractivity contribution in [3.05, 3.63) is 60.2 Å². The van der Waals surface area contributed by atoms with Gasteiger partial charge >= 0.3 is 0 Å². The average Bonchev–Trinajstić information content (AvgIpc) is 3.14. The number of hydrogen-bond acceptors (Lipinski definition) is 7. The lowest BCUT2D eigenvalue weighted by Gasteiger charge is -2.12. The molecule has 0 unspecified atom stereocenters. The van der Waals surface area contributed by atoms with Crippen LogP contribution in [0.3, 0.4) is 0 Å². The van der Waals surface area contributed by atoms with Crippen LogP contribution in [0.5, 0.6) is 0 Å². The molecule has 2 aromatic carbocycles. The van der Waals surface area contributed by atoms with Crippen LogP contribution in [0.4, 0.5) is 10.8 Å². The molecule has 1 aromatic heterocycles. The maximum atomic E-state index is 12.7. The van der Waals surface area contributed by atoms with E-state index in [1.54, 1.807) is 54.2 Å². The molecule has 0 saturated heterocycles. The van der Waals surface area contributed by atoms with Crippen LogP contribution in [-0.2, 0) is 10.0 Å². The van der Waals surface area contributed by atoms with Crippen molar-refractivity contribution in [3.63, 3.8) is 0 Å². The molecule has 0 spiro atoms.